The van der Waals surface area contributed by atoms with Crippen molar-refractivity contribution in [3.8, 4) is 5.88 Å². The van der Waals surface area contributed by atoms with Crippen LogP contribution in [0.3, 0.4) is 0 Å². The third-order valence-electron chi connectivity index (χ3n) is 7.45. The molecule has 1 unspecified atom stereocenters. The van der Waals surface area contributed by atoms with Gasteiger partial charge in [-0.2, -0.15) is 15.1 Å². The normalized spacial score (nSPS) is 25.6. The second-order valence-corrected chi connectivity index (χ2v) is 10.1. The molecule has 3 fully saturated rings. The highest BCUT2D eigenvalue weighted by Gasteiger charge is 2.42. The molecule has 3 aliphatic heterocycles. The molecule has 11 heteroatoms. The highest BCUT2D eigenvalue weighted by molar-refractivity contribution is 5.77. The smallest absolute Gasteiger partial charge is 0.230 e. The van der Waals surface area contributed by atoms with E-state index in [9.17, 15) is 4.79 Å². The van der Waals surface area contributed by atoms with E-state index in [0.717, 1.165) is 37.8 Å². The molecule has 3 aliphatic rings. The Balaban J connectivity index is 1.35. The number of nitrogens with zero attached hydrogens (tertiary/aromatic N) is 5. The molecule has 2 N–H and O–H groups in total. The first kappa shape index (κ1) is 24.8. The van der Waals surface area contributed by atoms with Crippen molar-refractivity contribution in [2.75, 3.05) is 44.2 Å². The van der Waals surface area contributed by atoms with E-state index < -0.39 is 0 Å². The maximum Gasteiger partial charge on any atom is 0.230 e. The van der Waals surface area contributed by atoms with E-state index in [0.29, 0.717) is 49.7 Å². The van der Waals surface area contributed by atoms with Gasteiger partial charge in [-0.15, -0.1) is 0 Å². The predicted octanol–water partition coefficient (Wildman–Crippen LogP) is 2.80. The van der Waals surface area contributed by atoms with Crippen molar-refractivity contribution in [2.45, 2.75) is 76.1 Å². The number of carbonyl (C=O) groups is 1. The van der Waals surface area contributed by atoms with Crippen LogP contribution in [0, 0.1) is 6.92 Å². The van der Waals surface area contributed by atoms with Crippen LogP contribution in [0.1, 0.15) is 50.6 Å². The van der Waals surface area contributed by atoms with Gasteiger partial charge in [-0.25, -0.2) is 0 Å². The molecular weight excluding hydrogens is 462 g/mol. The quantitative estimate of drug-likeness (QED) is 0.537. The summed E-state index contributed by atoms with van der Waals surface area (Å²) in [5, 5.41) is 10.5. The van der Waals surface area contributed by atoms with Crippen LogP contribution < -0.4 is 15.0 Å². The number of H-pyrrole nitrogens is 1. The summed E-state index contributed by atoms with van der Waals surface area (Å²) in [4.78, 5) is 26.8. The van der Waals surface area contributed by atoms with Crippen LogP contribution >= 0.6 is 0 Å². The van der Waals surface area contributed by atoms with Crippen LogP contribution in [-0.2, 0) is 14.3 Å². The number of rotatable bonds is 9. The minimum absolute atomic E-state index is 0.0146. The van der Waals surface area contributed by atoms with Crippen molar-refractivity contribution in [2.24, 2.45) is 0 Å². The topological polar surface area (TPSA) is 118 Å². The number of aromatic nitrogens is 4. The number of methoxy groups -OCH3 is 1. The van der Waals surface area contributed by atoms with Crippen LogP contribution in [0.15, 0.2) is 12.1 Å². The van der Waals surface area contributed by atoms with Gasteiger partial charge >= 0.3 is 0 Å². The van der Waals surface area contributed by atoms with Crippen LogP contribution in [0.2, 0.25) is 0 Å². The van der Waals surface area contributed by atoms with Gasteiger partial charge in [-0.1, -0.05) is 0 Å². The second-order valence-electron chi connectivity index (χ2n) is 10.1. The number of hydrogen-bond acceptors (Lipinski definition) is 9. The Kier molecular flexibility index (Phi) is 7.56. The minimum Gasteiger partial charge on any atom is -0.472 e. The molecular formula is C25H37N7O4. The molecule has 3 saturated heterocycles. The molecule has 2 aromatic heterocycles. The van der Waals surface area contributed by atoms with Gasteiger partial charge < -0.3 is 29.3 Å². The van der Waals surface area contributed by atoms with Gasteiger partial charge in [0.25, 0.3) is 0 Å². The Hall–Kier alpha value is -2.92. The number of carbonyl (C=O) groups excluding carboxylic acids is 1. The standard InChI is InChI=1S/C25H37N7O4/c1-16-11-22(30-29-16)26-21-14-23(36-20-7-10-35-15-20)28-25(27-21)31(2)19-12-17-5-4-6-18(13-19)32(17)24(33)8-9-34-3/h11,14,17-20H,4-10,12-13,15H2,1-3H3,(H2,26,27,28,29,30)/t17-,18+,19?,20-/m1/s1. The summed E-state index contributed by atoms with van der Waals surface area (Å²) in [6.07, 6.45) is 6.32. The van der Waals surface area contributed by atoms with Crippen LogP contribution in [0.25, 0.3) is 0 Å². The minimum atomic E-state index is -0.0146. The van der Waals surface area contributed by atoms with Crippen molar-refractivity contribution in [3.05, 3.63) is 17.8 Å². The predicted molar refractivity (Wildman–Crippen MR) is 135 cm³/mol. The number of fused-ring (bicyclic) bond motifs is 2. The van der Waals surface area contributed by atoms with Crippen molar-refractivity contribution in [1.82, 2.24) is 25.1 Å². The zero-order chi connectivity index (χ0) is 25.1. The fourth-order valence-electron chi connectivity index (χ4n) is 5.64. The third-order valence-corrected chi connectivity index (χ3v) is 7.45. The molecule has 5 heterocycles. The molecule has 0 aliphatic carbocycles. The lowest BCUT2D eigenvalue weighted by atomic mass is 9.81. The van der Waals surface area contributed by atoms with E-state index >= 15 is 0 Å². The van der Waals surface area contributed by atoms with E-state index in [-0.39, 0.29) is 30.1 Å². The Bertz CT molecular complexity index is 1030. The van der Waals surface area contributed by atoms with Crippen LogP contribution in [0.4, 0.5) is 17.6 Å². The molecule has 0 spiro atoms. The van der Waals surface area contributed by atoms with Gasteiger partial charge in [0.1, 0.15) is 11.9 Å². The molecule has 2 aromatic rings. The van der Waals surface area contributed by atoms with Gasteiger partial charge in [-0.05, 0) is 39.0 Å². The SMILES string of the molecule is COCCC(=O)N1[C@@H]2CCC[C@H]1CC(N(C)c1nc(Nc3cc(C)[nH]n3)cc(O[C@@H]3CCOC3)n1)C2. The number of hydrogen-bond donors (Lipinski definition) is 2. The van der Waals surface area contributed by atoms with Crippen molar-refractivity contribution >= 4 is 23.5 Å². The highest BCUT2D eigenvalue weighted by atomic mass is 16.5. The number of aromatic amines is 1. The number of piperidine rings is 2. The summed E-state index contributed by atoms with van der Waals surface area (Å²) < 4.78 is 16.8. The van der Waals surface area contributed by atoms with E-state index in [4.69, 9.17) is 24.2 Å². The lowest BCUT2D eigenvalue weighted by Gasteiger charge is -2.50. The summed E-state index contributed by atoms with van der Waals surface area (Å²) >= 11 is 0. The number of amides is 1. The Labute approximate surface area is 211 Å². The van der Waals surface area contributed by atoms with Crippen LogP contribution in [-0.4, -0.2) is 89.2 Å². The zero-order valence-electron chi connectivity index (χ0n) is 21.4. The molecule has 11 nitrogen and oxygen atoms in total. The molecule has 0 saturated carbocycles. The fraction of sp³-hybridized carbons (Fsp3) is 0.680. The molecule has 0 aromatic carbocycles. The fourth-order valence-corrected chi connectivity index (χ4v) is 5.64. The van der Waals surface area contributed by atoms with Gasteiger partial charge in [0.05, 0.1) is 26.2 Å². The largest absolute Gasteiger partial charge is 0.472 e. The average molecular weight is 500 g/mol. The Morgan fingerprint density at radius 3 is 2.69 bits per heavy atom. The van der Waals surface area contributed by atoms with Gasteiger partial charge in [0.15, 0.2) is 5.82 Å². The van der Waals surface area contributed by atoms with Crippen molar-refractivity contribution < 1.29 is 19.0 Å². The molecule has 1 amide bonds. The van der Waals surface area contributed by atoms with Crippen LogP contribution in [0.5, 0.6) is 5.88 Å². The van der Waals surface area contributed by atoms with E-state index in [1.165, 1.54) is 6.42 Å². The summed E-state index contributed by atoms with van der Waals surface area (Å²) in [5.41, 5.74) is 0.960. The summed E-state index contributed by atoms with van der Waals surface area (Å²) in [7, 11) is 3.69. The number of ether oxygens (including phenoxy) is 3. The first-order chi connectivity index (χ1) is 17.5. The summed E-state index contributed by atoms with van der Waals surface area (Å²) in [5.74, 6) is 2.64. The maximum absolute atomic E-state index is 12.9. The molecule has 5 rings (SSSR count). The Morgan fingerprint density at radius 1 is 1.22 bits per heavy atom. The Morgan fingerprint density at radius 2 is 2.03 bits per heavy atom. The summed E-state index contributed by atoms with van der Waals surface area (Å²) in [6.45, 7) is 3.69. The highest BCUT2D eigenvalue weighted by Crippen LogP contribution is 2.37. The van der Waals surface area contributed by atoms with Gasteiger partial charge in [0.2, 0.25) is 17.7 Å². The maximum atomic E-state index is 12.9. The van der Waals surface area contributed by atoms with Crippen molar-refractivity contribution in [1.29, 1.82) is 0 Å². The number of nitrogens with one attached hydrogen (secondary N) is 2. The molecule has 36 heavy (non-hydrogen) atoms. The van der Waals surface area contributed by atoms with Gasteiger partial charge in [0, 0.05) is 56.5 Å². The molecule has 2 bridgehead atoms. The van der Waals surface area contributed by atoms with E-state index in [1.54, 1.807) is 7.11 Å². The number of anilines is 3. The molecule has 0 radical (unpaired) electrons. The second kappa shape index (κ2) is 11.0. The first-order valence-corrected chi connectivity index (χ1v) is 13.0. The van der Waals surface area contributed by atoms with Crippen molar-refractivity contribution in [3.63, 3.8) is 0 Å². The molecule has 4 atom stereocenters. The zero-order valence-corrected chi connectivity index (χ0v) is 21.4. The number of aryl methyl sites for hydroxylation is 1. The third kappa shape index (κ3) is 5.57. The monoisotopic (exact) mass is 499 g/mol. The van der Waals surface area contributed by atoms with Gasteiger partial charge in [-0.3, -0.25) is 9.89 Å². The lowest BCUT2D eigenvalue weighted by molar-refractivity contribution is -0.142. The van der Waals surface area contributed by atoms with E-state index in [2.05, 4.69) is 25.3 Å². The first-order valence-electron chi connectivity index (χ1n) is 13.0. The summed E-state index contributed by atoms with van der Waals surface area (Å²) in [6, 6.07) is 4.46. The lowest BCUT2D eigenvalue weighted by Crippen LogP contribution is -2.58. The molecule has 196 valence electrons. The van der Waals surface area contributed by atoms with E-state index in [1.807, 2.05) is 26.1 Å². The average Bonchev–Trinajstić information content (AvgIpc) is 3.52.